The number of amides is 1. The fraction of sp³-hybridized carbons (Fsp3) is 0.375. The Morgan fingerprint density at radius 1 is 1.29 bits per heavy atom. The lowest BCUT2D eigenvalue weighted by Gasteiger charge is -2.09. The average Bonchev–Trinajstić information content (AvgIpc) is 2.99. The summed E-state index contributed by atoms with van der Waals surface area (Å²) in [6, 6.07) is 9.82. The molecular formula is C16H21N3O2. The molecule has 112 valence electrons. The highest BCUT2D eigenvalue weighted by molar-refractivity contribution is 5.75. The van der Waals surface area contributed by atoms with Gasteiger partial charge in [-0.15, -0.1) is 0 Å². The van der Waals surface area contributed by atoms with Gasteiger partial charge in [0.05, 0.1) is 25.3 Å². The van der Waals surface area contributed by atoms with E-state index in [-0.39, 0.29) is 5.91 Å². The van der Waals surface area contributed by atoms with Gasteiger partial charge < -0.3 is 10.1 Å². The number of ether oxygens (including phenoxy) is 1. The van der Waals surface area contributed by atoms with Gasteiger partial charge in [0.15, 0.2) is 0 Å². The quantitative estimate of drug-likeness (QED) is 0.822. The molecule has 1 heterocycles. The van der Waals surface area contributed by atoms with Gasteiger partial charge in [0.2, 0.25) is 5.91 Å². The maximum atomic E-state index is 11.6. The van der Waals surface area contributed by atoms with Gasteiger partial charge in [-0.05, 0) is 29.7 Å². The van der Waals surface area contributed by atoms with E-state index >= 15 is 0 Å². The maximum absolute atomic E-state index is 11.6. The number of rotatable bonds is 7. The SMILES string of the molecule is CC(C)c1ccc(OCCC(=O)NCc2ccn[nH]2)cc1. The number of carbonyl (C=O) groups excluding carboxylic acids is 1. The third kappa shape index (κ3) is 4.95. The molecule has 0 unspecified atom stereocenters. The molecule has 5 nitrogen and oxygen atoms in total. The van der Waals surface area contributed by atoms with Crippen molar-refractivity contribution in [1.29, 1.82) is 0 Å². The van der Waals surface area contributed by atoms with E-state index in [1.54, 1.807) is 6.20 Å². The minimum absolute atomic E-state index is 0.0385. The van der Waals surface area contributed by atoms with Crippen LogP contribution in [0.4, 0.5) is 0 Å². The minimum Gasteiger partial charge on any atom is -0.493 e. The van der Waals surface area contributed by atoms with Crippen LogP contribution in [-0.2, 0) is 11.3 Å². The smallest absolute Gasteiger partial charge is 0.223 e. The van der Waals surface area contributed by atoms with E-state index in [4.69, 9.17) is 4.74 Å². The van der Waals surface area contributed by atoms with Crippen molar-refractivity contribution in [3.05, 3.63) is 47.8 Å². The van der Waals surface area contributed by atoms with Crippen LogP contribution in [0.25, 0.3) is 0 Å². The molecule has 1 amide bonds. The number of carbonyl (C=O) groups is 1. The van der Waals surface area contributed by atoms with Gasteiger partial charge in [-0.2, -0.15) is 5.10 Å². The summed E-state index contributed by atoms with van der Waals surface area (Å²) >= 11 is 0. The molecule has 2 aromatic rings. The molecule has 0 spiro atoms. The van der Waals surface area contributed by atoms with Crippen LogP contribution >= 0.6 is 0 Å². The van der Waals surface area contributed by atoms with Gasteiger partial charge in [-0.3, -0.25) is 9.89 Å². The second-order valence-corrected chi connectivity index (χ2v) is 5.18. The van der Waals surface area contributed by atoms with Crippen molar-refractivity contribution in [3.63, 3.8) is 0 Å². The van der Waals surface area contributed by atoms with Gasteiger partial charge in [-0.25, -0.2) is 0 Å². The lowest BCUT2D eigenvalue weighted by molar-refractivity contribution is -0.121. The molecule has 0 aliphatic rings. The first-order valence-electron chi connectivity index (χ1n) is 7.13. The van der Waals surface area contributed by atoms with E-state index in [9.17, 15) is 4.79 Å². The Bertz CT molecular complexity index is 547. The largest absolute Gasteiger partial charge is 0.493 e. The van der Waals surface area contributed by atoms with E-state index in [2.05, 4.69) is 41.5 Å². The number of aromatic amines is 1. The number of nitrogens with one attached hydrogen (secondary N) is 2. The van der Waals surface area contributed by atoms with Crippen molar-refractivity contribution in [1.82, 2.24) is 15.5 Å². The van der Waals surface area contributed by atoms with Gasteiger partial charge in [0.1, 0.15) is 5.75 Å². The fourth-order valence-corrected chi connectivity index (χ4v) is 1.88. The Labute approximate surface area is 124 Å². The minimum atomic E-state index is -0.0385. The molecule has 5 heteroatoms. The molecule has 21 heavy (non-hydrogen) atoms. The zero-order valence-corrected chi connectivity index (χ0v) is 12.4. The van der Waals surface area contributed by atoms with Crippen molar-refractivity contribution in [2.24, 2.45) is 0 Å². The highest BCUT2D eigenvalue weighted by atomic mass is 16.5. The first-order chi connectivity index (χ1) is 10.1. The molecule has 0 aliphatic carbocycles. The van der Waals surface area contributed by atoms with Crippen LogP contribution in [0.15, 0.2) is 36.5 Å². The molecule has 2 rings (SSSR count). The first kappa shape index (κ1) is 15.1. The Morgan fingerprint density at radius 2 is 2.05 bits per heavy atom. The third-order valence-corrected chi connectivity index (χ3v) is 3.18. The van der Waals surface area contributed by atoms with Crippen LogP contribution in [0, 0.1) is 0 Å². The third-order valence-electron chi connectivity index (χ3n) is 3.18. The number of benzene rings is 1. The van der Waals surface area contributed by atoms with Crippen LogP contribution in [0.3, 0.4) is 0 Å². The Hall–Kier alpha value is -2.30. The molecule has 2 N–H and O–H groups in total. The average molecular weight is 287 g/mol. The van der Waals surface area contributed by atoms with E-state index in [1.807, 2.05) is 18.2 Å². The van der Waals surface area contributed by atoms with Gasteiger partial charge >= 0.3 is 0 Å². The van der Waals surface area contributed by atoms with Crippen LogP contribution in [0.5, 0.6) is 5.75 Å². The fourth-order valence-electron chi connectivity index (χ4n) is 1.88. The van der Waals surface area contributed by atoms with Crippen LogP contribution in [0.2, 0.25) is 0 Å². The predicted octanol–water partition coefficient (Wildman–Crippen LogP) is 2.62. The second-order valence-electron chi connectivity index (χ2n) is 5.18. The summed E-state index contributed by atoms with van der Waals surface area (Å²) in [5.41, 5.74) is 2.16. The van der Waals surface area contributed by atoms with Crippen LogP contribution in [0.1, 0.15) is 37.4 Å². The molecule has 0 saturated carbocycles. The van der Waals surface area contributed by atoms with Crippen molar-refractivity contribution in [3.8, 4) is 5.75 Å². The normalized spacial score (nSPS) is 10.6. The Balaban J connectivity index is 1.67. The van der Waals surface area contributed by atoms with E-state index in [0.717, 1.165) is 11.4 Å². The lowest BCUT2D eigenvalue weighted by atomic mass is 10.0. The topological polar surface area (TPSA) is 67.0 Å². The number of H-pyrrole nitrogens is 1. The predicted molar refractivity (Wildman–Crippen MR) is 81.1 cm³/mol. The summed E-state index contributed by atoms with van der Waals surface area (Å²) in [5.74, 6) is 1.26. The number of hydrogen-bond donors (Lipinski definition) is 2. The van der Waals surface area contributed by atoms with E-state index in [1.165, 1.54) is 5.56 Å². The molecule has 0 atom stereocenters. The van der Waals surface area contributed by atoms with Gasteiger partial charge in [0, 0.05) is 6.20 Å². The Morgan fingerprint density at radius 3 is 2.67 bits per heavy atom. The highest BCUT2D eigenvalue weighted by Crippen LogP contribution is 2.18. The highest BCUT2D eigenvalue weighted by Gasteiger charge is 2.03. The zero-order valence-electron chi connectivity index (χ0n) is 12.4. The van der Waals surface area contributed by atoms with E-state index in [0.29, 0.717) is 25.5 Å². The summed E-state index contributed by atoms with van der Waals surface area (Å²) < 4.78 is 5.57. The molecule has 1 aromatic carbocycles. The zero-order chi connectivity index (χ0) is 15.1. The van der Waals surface area contributed by atoms with Gasteiger partial charge in [0.25, 0.3) is 0 Å². The summed E-state index contributed by atoms with van der Waals surface area (Å²) in [6.45, 7) is 5.14. The summed E-state index contributed by atoms with van der Waals surface area (Å²) in [5, 5.41) is 9.42. The summed E-state index contributed by atoms with van der Waals surface area (Å²) in [4.78, 5) is 11.6. The molecule has 0 saturated heterocycles. The number of nitrogens with zero attached hydrogens (tertiary/aromatic N) is 1. The van der Waals surface area contributed by atoms with E-state index < -0.39 is 0 Å². The van der Waals surface area contributed by atoms with Crippen molar-refractivity contribution >= 4 is 5.91 Å². The second kappa shape index (κ2) is 7.47. The molecule has 0 fully saturated rings. The molecular weight excluding hydrogens is 266 g/mol. The van der Waals surface area contributed by atoms with Crippen molar-refractivity contribution in [2.45, 2.75) is 32.7 Å². The van der Waals surface area contributed by atoms with Crippen molar-refractivity contribution in [2.75, 3.05) is 6.61 Å². The van der Waals surface area contributed by atoms with Gasteiger partial charge in [-0.1, -0.05) is 26.0 Å². The molecule has 1 aromatic heterocycles. The Kier molecular flexibility index (Phi) is 5.37. The summed E-state index contributed by atoms with van der Waals surface area (Å²) in [6.07, 6.45) is 1.99. The summed E-state index contributed by atoms with van der Waals surface area (Å²) in [7, 11) is 0. The number of hydrogen-bond acceptors (Lipinski definition) is 3. The van der Waals surface area contributed by atoms with Crippen LogP contribution in [-0.4, -0.2) is 22.7 Å². The molecule has 0 radical (unpaired) electrons. The lowest BCUT2D eigenvalue weighted by Crippen LogP contribution is -2.24. The van der Waals surface area contributed by atoms with Crippen LogP contribution < -0.4 is 10.1 Å². The van der Waals surface area contributed by atoms with Crippen molar-refractivity contribution < 1.29 is 9.53 Å². The molecule has 0 bridgehead atoms. The standard InChI is InChI=1S/C16H21N3O2/c1-12(2)13-3-5-15(6-4-13)21-10-8-16(20)17-11-14-7-9-18-19-14/h3-7,9,12H,8,10-11H2,1-2H3,(H,17,20)(H,18,19). The maximum Gasteiger partial charge on any atom is 0.223 e. The monoisotopic (exact) mass is 287 g/mol. The first-order valence-corrected chi connectivity index (χ1v) is 7.13. The molecule has 0 aliphatic heterocycles. The number of aromatic nitrogens is 2.